The first kappa shape index (κ1) is 26.5. The standard InChI is InChI=1S/C22H37N5O2.HI/c1-6-24-21(26-18-10-12-27(13-11-18)15-20(28)23-4)25-16-22(2,3)17-8-7-9-19(14-17)29-5;/h7-9,14,18H,6,10-13,15-16H2,1-5H3,(H,23,28)(H2,24,25,26);1H. The second kappa shape index (κ2) is 13.0. The van der Waals surface area contributed by atoms with Crippen LogP contribution in [0.2, 0.25) is 0 Å². The smallest absolute Gasteiger partial charge is 0.233 e. The van der Waals surface area contributed by atoms with Gasteiger partial charge >= 0.3 is 0 Å². The van der Waals surface area contributed by atoms with Gasteiger partial charge in [-0.3, -0.25) is 14.7 Å². The number of hydrogen-bond donors (Lipinski definition) is 3. The molecule has 2 rings (SSSR count). The number of nitrogens with zero attached hydrogens (tertiary/aromatic N) is 2. The second-order valence-electron chi connectivity index (χ2n) is 8.18. The van der Waals surface area contributed by atoms with E-state index in [1.807, 2.05) is 12.1 Å². The Morgan fingerprint density at radius 1 is 1.30 bits per heavy atom. The van der Waals surface area contributed by atoms with E-state index in [1.54, 1.807) is 14.2 Å². The summed E-state index contributed by atoms with van der Waals surface area (Å²) in [5.74, 6) is 1.80. The van der Waals surface area contributed by atoms with Crippen LogP contribution >= 0.6 is 24.0 Å². The molecule has 1 aliphatic rings. The van der Waals surface area contributed by atoms with Crippen molar-refractivity contribution in [1.82, 2.24) is 20.9 Å². The highest BCUT2D eigenvalue weighted by Gasteiger charge is 2.23. The highest BCUT2D eigenvalue weighted by molar-refractivity contribution is 14.0. The number of hydrogen-bond acceptors (Lipinski definition) is 4. The molecule has 30 heavy (non-hydrogen) atoms. The summed E-state index contributed by atoms with van der Waals surface area (Å²) in [7, 11) is 3.38. The molecule has 1 heterocycles. The Morgan fingerprint density at radius 2 is 2.00 bits per heavy atom. The molecule has 0 atom stereocenters. The summed E-state index contributed by atoms with van der Waals surface area (Å²) in [4.78, 5) is 18.6. The van der Waals surface area contributed by atoms with E-state index < -0.39 is 0 Å². The van der Waals surface area contributed by atoms with Gasteiger partial charge in [0.15, 0.2) is 5.96 Å². The van der Waals surface area contributed by atoms with Gasteiger partial charge in [-0.25, -0.2) is 0 Å². The summed E-state index contributed by atoms with van der Waals surface area (Å²) in [6.45, 7) is 10.3. The number of benzene rings is 1. The highest BCUT2D eigenvalue weighted by Crippen LogP contribution is 2.26. The highest BCUT2D eigenvalue weighted by atomic mass is 127. The predicted molar refractivity (Wildman–Crippen MR) is 134 cm³/mol. The van der Waals surface area contributed by atoms with Gasteiger partial charge in [0.1, 0.15) is 5.75 Å². The average Bonchev–Trinajstić information content (AvgIpc) is 2.73. The Hall–Kier alpha value is -1.55. The number of guanidine groups is 1. The number of carbonyl (C=O) groups excluding carboxylic acids is 1. The third-order valence-electron chi connectivity index (χ3n) is 5.40. The maximum absolute atomic E-state index is 11.6. The molecule has 0 saturated carbocycles. The van der Waals surface area contributed by atoms with Gasteiger partial charge < -0.3 is 20.7 Å². The van der Waals surface area contributed by atoms with Crippen molar-refractivity contribution in [3.8, 4) is 5.75 Å². The van der Waals surface area contributed by atoms with Crippen LogP contribution in [-0.2, 0) is 10.2 Å². The topological polar surface area (TPSA) is 78.0 Å². The minimum Gasteiger partial charge on any atom is -0.497 e. The van der Waals surface area contributed by atoms with Crippen molar-refractivity contribution in [3.05, 3.63) is 29.8 Å². The monoisotopic (exact) mass is 531 g/mol. The van der Waals surface area contributed by atoms with E-state index in [0.29, 0.717) is 19.1 Å². The van der Waals surface area contributed by atoms with Gasteiger partial charge in [-0.2, -0.15) is 0 Å². The van der Waals surface area contributed by atoms with E-state index in [0.717, 1.165) is 44.2 Å². The molecular formula is C22H38IN5O2. The maximum Gasteiger partial charge on any atom is 0.233 e. The lowest BCUT2D eigenvalue weighted by Crippen LogP contribution is -2.50. The maximum atomic E-state index is 11.6. The third-order valence-corrected chi connectivity index (χ3v) is 5.40. The minimum atomic E-state index is -0.103. The van der Waals surface area contributed by atoms with Gasteiger partial charge in [0.05, 0.1) is 20.2 Å². The van der Waals surface area contributed by atoms with Crippen LogP contribution in [0.3, 0.4) is 0 Å². The molecule has 8 heteroatoms. The number of rotatable bonds is 8. The van der Waals surface area contributed by atoms with Gasteiger partial charge in [-0.05, 0) is 37.5 Å². The number of carbonyl (C=O) groups is 1. The van der Waals surface area contributed by atoms with Crippen molar-refractivity contribution in [2.45, 2.75) is 45.1 Å². The average molecular weight is 531 g/mol. The van der Waals surface area contributed by atoms with Crippen molar-refractivity contribution >= 4 is 35.8 Å². The van der Waals surface area contributed by atoms with Crippen LogP contribution in [0.5, 0.6) is 5.75 Å². The zero-order chi connectivity index (χ0) is 21.3. The molecule has 0 bridgehead atoms. The molecule has 1 aliphatic heterocycles. The molecule has 1 saturated heterocycles. The Morgan fingerprint density at radius 3 is 2.60 bits per heavy atom. The summed E-state index contributed by atoms with van der Waals surface area (Å²) in [6.07, 6.45) is 2.00. The van der Waals surface area contributed by atoms with Gasteiger partial charge in [0, 0.05) is 38.1 Å². The van der Waals surface area contributed by atoms with Gasteiger partial charge in [0.25, 0.3) is 0 Å². The van der Waals surface area contributed by atoms with E-state index in [-0.39, 0.29) is 35.3 Å². The largest absolute Gasteiger partial charge is 0.497 e. The lowest BCUT2D eigenvalue weighted by atomic mass is 9.84. The molecule has 1 aromatic rings. The van der Waals surface area contributed by atoms with Crippen LogP contribution in [0, 0.1) is 0 Å². The van der Waals surface area contributed by atoms with E-state index in [4.69, 9.17) is 9.73 Å². The fourth-order valence-electron chi connectivity index (χ4n) is 3.44. The minimum absolute atomic E-state index is 0. The molecule has 0 aromatic heterocycles. The van der Waals surface area contributed by atoms with Gasteiger partial charge in [0.2, 0.25) is 5.91 Å². The summed E-state index contributed by atoms with van der Waals surface area (Å²) < 4.78 is 5.36. The molecule has 170 valence electrons. The molecular weight excluding hydrogens is 493 g/mol. The van der Waals surface area contributed by atoms with E-state index in [9.17, 15) is 4.79 Å². The first-order valence-corrected chi connectivity index (χ1v) is 10.5. The van der Waals surface area contributed by atoms with Crippen LogP contribution in [0.25, 0.3) is 0 Å². The molecule has 1 aromatic carbocycles. The molecule has 1 fully saturated rings. The second-order valence-corrected chi connectivity index (χ2v) is 8.18. The molecule has 3 N–H and O–H groups in total. The summed E-state index contributed by atoms with van der Waals surface area (Å²) >= 11 is 0. The zero-order valence-electron chi connectivity index (χ0n) is 19.0. The third kappa shape index (κ3) is 8.29. The van der Waals surface area contributed by atoms with Crippen molar-refractivity contribution in [2.24, 2.45) is 4.99 Å². The SMILES string of the molecule is CCNC(=NCC(C)(C)c1cccc(OC)c1)NC1CCN(CC(=O)NC)CC1.I. The number of likely N-dealkylation sites (N-methyl/N-ethyl adjacent to an activating group) is 1. The Kier molecular flexibility index (Phi) is 11.5. The first-order chi connectivity index (χ1) is 13.9. The fourth-order valence-corrected chi connectivity index (χ4v) is 3.44. The van der Waals surface area contributed by atoms with Crippen LogP contribution < -0.4 is 20.7 Å². The van der Waals surface area contributed by atoms with Crippen molar-refractivity contribution in [3.63, 3.8) is 0 Å². The number of piperidine rings is 1. The number of ether oxygens (including phenoxy) is 1. The van der Waals surface area contributed by atoms with E-state index >= 15 is 0 Å². The molecule has 0 unspecified atom stereocenters. The van der Waals surface area contributed by atoms with Gasteiger partial charge in [-0.1, -0.05) is 26.0 Å². The first-order valence-electron chi connectivity index (χ1n) is 10.5. The number of halogens is 1. The molecule has 1 amide bonds. The van der Waals surface area contributed by atoms with Crippen LogP contribution in [0.15, 0.2) is 29.3 Å². The number of likely N-dealkylation sites (tertiary alicyclic amines) is 1. The normalized spacial score (nSPS) is 15.8. The van der Waals surface area contributed by atoms with E-state index in [1.165, 1.54) is 5.56 Å². The Labute approximate surface area is 198 Å². The van der Waals surface area contributed by atoms with Crippen molar-refractivity contribution < 1.29 is 9.53 Å². The summed E-state index contributed by atoms with van der Waals surface area (Å²) in [6, 6.07) is 8.56. The van der Waals surface area contributed by atoms with Gasteiger partial charge in [-0.15, -0.1) is 24.0 Å². The van der Waals surface area contributed by atoms with Crippen molar-refractivity contribution in [2.75, 3.05) is 46.9 Å². The molecule has 7 nitrogen and oxygen atoms in total. The summed E-state index contributed by atoms with van der Waals surface area (Å²) in [5, 5.41) is 9.63. The Balaban J connectivity index is 0.00000450. The van der Waals surface area contributed by atoms with Crippen LogP contribution in [0.4, 0.5) is 0 Å². The zero-order valence-corrected chi connectivity index (χ0v) is 21.3. The Bertz CT molecular complexity index is 688. The molecule has 0 aliphatic carbocycles. The van der Waals surface area contributed by atoms with Crippen LogP contribution in [0.1, 0.15) is 39.2 Å². The lowest BCUT2D eigenvalue weighted by Gasteiger charge is -2.32. The number of aliphatic imine (C=N–C) groups is 1. The quantitative estimate of drug-likeness (QED) is 0.273. The number of amides is 1. The van der Waals surface area contributed by atoms with E-state index in [2.05, 4.69) is 53.8 Å². The number of nitrogens with one attached hydrogen (secondary N) is 3. The molecule has 0 spiro atoms. The fraction of sp³-hybridized carbons (Fsp3) is 0.636. The van der Waals surface area contributed by atoms with Crippen molar-refractivity contribution in [1.29, 1.82) is 0 Å². The molecule has 0 radical (unpaired) electrons. The lowest BCUT2D eigenvalue weighted by molar-refractivity contribution is -0.122. The summed E-state index contributed by atoms with van der Waals surface area (Å²) in [5.41, 5.74) is 1.10. The van der Waals surface area contributed by atoms with Crippen LogP contribution in [-0.4, -0.2) is 69.7 Å². The number of methoxy groups -OCH3 is 1. The predicted octanol–water partition coefficient (Wildman–Crippen LogP) is 2.36.